The first-order valence-corrected chi connectivity index (χ1v) is 6.14. The second-order valence-corrected chi connectivity index (χ2v) is 5.43. The number of hydrogen-bond acceptors (Lipinski definition) is 0. The SMILES string of the molecule is C=C(C)C=C1[C](=[W])Cc2ccccc21. The van der Waals surface area contributed by atoms with Crippen LogP contribution in [0.3, 0.4) is 0 Å². The van der Waals surface area contributed by atoms with Gasteiger partial charge in [0.25, 0.3) is 0 Å². The van der Waals surface area contributed by atoms with Crippen LogP contribution < -0.4 is 0 Å². The summed E-state index contributed by atoms with van der Waals surface area (Å²) in [6.45, 7) is 6.00. The van der Waals surface area contributed by atoms with Gasteiger partial charge >= 0.3 is 95.8 Å². The molecule has 0 aliphatic heterocycles. The molecular formula is C13H12W. The van der Waals surface area contributed by atoms with Crippen LogP contribution in [0, 0.1) is 0 Å². The average Bonchev–Trinajstić information content (AvgIpc) is 2.43. The predicted octanol–water partition coefficient (Wildman–Crippen LogP) is 2.92. The zero-order chi connectivity index (χ0) is 10.1. The summed E-state index contributed by atoms with van der Waals surface area (Å²) in [5.41, 5.74) is 5.41. The van der Waals surface area contributed by atoms with Crippen molar-refractivity contribution in [3.05, 3.63) is 53.6 Å². The number of rotatable bonds is 1. The summed E-state index contributed by atoms with van der Waals surface area (Å²) in [6.07, 6.45) is 3.33. The minimum atomic E-state index is 1.13. The molecule has 1 aromatic carbocycles. The monoisotopic (exact) mass is 352 g/mol. The van der Waals surface area contributed by atoms with Crippen LogP contribution in [-0.2, 0) is 25.8 Å². The van der Waals surface area contributed by atoms with Crippen LogP contribution in [0.2, 0.25) is 0 Å². The standard InChI is InChI=1S/C13H12.W/c1-10(2)9-12-8-7-11-5-3-4-6-13(11)12;/h3-6,9H,1,7H2,2H3;. The molecule has 70 valence electrons. The van der Waals surface area contributed by atoms with Gasteiger partial charge in [-0.15, -0.1) is 0 Å². The average molecular weight is 352 g/mol. The molecule has 0 amide bonds. The van der Waals surface area contributed by atoms with Crippen molar-refractivity contribution < 1.29 is 19.4 Å². The Kier molecular flexibility index (Phi) is 2.65. The molecule has 1 aromatic rings. The van der Waals surface area contributed by atoms with Crippen molar-refractivity contribution in [2.75, 3.05) is 0 Å². The summed E-state index contributed by atoms with van der Waals surface area (Å²) in [5.74, 6) is 0. The van der Waals surface area contributed by atoms with E-state index in [2.05, 4.69) is 43.8 Å². The first kappa shape index (κ1) is 9.80. The Morgan fingerprint density at radius 1 is 1.43 bits per heavy atom. The van der Waals surface area contributed by atoms with Gasteiger partial charge in [0, 0.05) is 0 Å². The molecule has 0 radical (unpaired) electrons. The van der Waals surface area contributed by atoms with Crippen LogP contribution >= 0.6 is 0 Å². The van der Waals surface area contributed by atoms with E-state index in [0.717, 1.165) is 12.0 Å². The Labute approximate surface area is 95.8 Å². The Morgan fingerprint density at radius 2 is 2.14 bits per heavy atom. The number of hydrogen-bond donors (Lipinski definition) is 0. The Hall–Kier alpha value is -0.742. The summed E-state index contributed by atoms with van der Waals surface area (Å²) >= 11 is 1.57. The quantitative estimate of drug-likeness (QED) is 0.729. The van der Waals surface area contributed by atoms with E-state index in [0.29, 0.717) is 0 Å². The molecule has 1 aliphatic carbocycles. The molecule has 0 nitrogen and oxygen atoms in total. The molecule has 14 heavy (non-hydrogen) atoms. The Balaban J connectivity index is 2.55. The third kappa shape index (κ3) is 1.72. The zero-order valence-corrected chi connectivity index (χ0v) is 11.1. The number of benzene rings is 1. The van der Waals surface area contributed by atoms with Gasteiger partial charge in [-0.05, 0) is 0 Å². The third-order valence-corrected chi connectivity index (χ3v) is 3.66. The minimum absolute atomic E-state index is 1.13. The maximum atomic E-state index is 3.95. The molecule has 0 spiro atoms. The van der Waals surface area contributed by atoms with Crippen molar-refractivity contribution in [1.82, 2.24) is 0 Å². The van der Waals surface area contributed by atoms with Gasteiger partial charge in [-0.25, -0.2) is 0 Å². The molecule has 0 unspecified atom stereocenters. The van der Waals surface area contributed by atoms with Gasteiger partial charge in [-0.3, -0.25) is 0 Å². The third-order valence-electron chi connectivity index (χ3n) is 2.35. The van der Waals surface area contributed by atoms with E-state index in [1.807, 2.05) is 0 Å². The van der Waals surface area contributed by atoms with Crippen molar-refractivity contribution in [2.45, 2.75) is 13.3 Å². The van der Waals surface area contributed by atoms with E-state index < -0.39 is 0 Å². The second kappa shape index (κ2) is 3.79. The molecule has 0 heterocycles. The first-order chi connectivity index (χ1) is 6.68. The Morgan fingerprint density at radius 3 is 2.86 bits per heavy atom. The fourth-order valence-electron chi connectivity index (χ4n) is 1.76. The van der Waals surface area contributed by atoms with E-state index in [4.69, 9.17) is 0 Å². The van der Waals surface area contributed by atoms with Gasteiger partial charge in [-0.1, -0.05) is 0 Å². The second-order valence-electron chi connectivity index (χ2n) is 3.66. The first-order valence-electron chi connectivity index (χ1n) is 4.67. The summed E-state index contributed by atoms with van der Waals surface area (Å²) in [4.78, 5) is 0. The predicted molar refractivity (Wildman–Crippen MR) is 57.9 cm³/mol. The van der Waals surface area contributed by atoms with Crippen LogP contribution in [0.1, 0.15) is 18.1 Å². The molecule has 0 N–H and O–H groups in total. The van der Waals surface area contributed by atoms with Gasteiger partial charge in [0.1, 0.15) is 0 Å². The molecule has 2 rings (SSSR count). The van der Waals surface area contributed by atoms with Crippen LogP contribution in [0.4, 0.5) is 0 Å². The van der Waals surface area contributed by atoms with E-state index in [1.165, 1.54) is 20.6 Å². The number of fused-ring (bicyclic) bond motifs is 1. The number of allylic oxidation sites excluding steroid dienone is 3. The summed E-state index contributed by atoms with van der Waals surface area (Å²) < 4.78 is 1.54. The van der Waals surface area contributed by atoms with E-state index in [-0.39, 0.29) is 0 Å². The Bertz CT molecular complexity index is 438. The molecular weight excluding hydrogens is 340 g/mol. The van der Waals surface area contributed by atoms with Crippen LogP contribution in [0.5, 0.6) is 0 Å². The van der Waals surface area contributed by atoms with Gasteiger partial charge in [0.05, 0.1) is 0 Å². The van der Waals surface area contributed by atoms with Gasteiger partial charge in [0.15, 0.2) is 0 Å². The van der Waals surface area contributed by atoms with Crippen molar-refractivity contribution in [3.8, 4) is 0 Å². The summed E-state index contributed by atoms with van der Waals surface area (Å²) in [7, 11) is 0. The van der Waals surface area contributed by atoms with Gasteiger partial charge < -0.3 is 0 Å². The van der Waals surface area contributed by atoms with Crippen molar-refractivity contribution in [2.24, 2.45) is 0 Å². The van der Waals surface area contributed by atoms with Crippen molar-refractivity contribution in [1.29, 1.82) is 0 Å². The maximum absolute atomic E-state index is 3.95. The molecule has 0 aromatic heterocycles. The molecule has 0 saturated carbocycles. The van der Waals surface area contributed by atoms with Crippen LogP contribution in [-0.4, -0.2) is 3.90 Å². The van der Waals surface area contributed by atoms with Gasteiger partial charge in [-0.2, -0.15) is 0 Å². The van der Waals surface area contributed by atoms with E-state index in [1.54, 1.807) is 19.4 Å². The van der Waals surface area contributed by atoms with Crippen molar-refractivity contribution in [3.63, 3.8) is 0 Å². The molecule has 0 atom stereocenters. The molecule has 1 aliphatic rings. The van der Waals surface area contributed by atoms with Crippen LogP contribution in [0.15, 0.2) is 42.5 Å². The normalized spacial score (nSPS) is 17.2. The topological polar surface area (TPSA) is 0 Å². The molecule has 0 bridgehead atoms. The fraction of sp³-hybridized carbons (Fsp3) is 0.154. The van der Waals surface area contributed by atoms with Gasteiger partial charge in [0.2, 0.25) is 0 Å². The van der Waals surface area contributed by atoms with Crippen LogP contribution in [0.25, 0.3) is 5.57 Å². The zero-order valence-electron chi connectivity index (χ0n) is 8.21. The molecule has 0 saturated heterocycles. The van der Waals surface area contributed by atoms with E-state index >= 15 is 0 Å². The molecule has 1 heteroatoms. The molecule has 0 fully saturated rings. The summed E-state index contributed by atoms with van der Waals surface area (Å²) in [6, 6.07) is 8.65. The summed E-state index contributed by atoms with van der Waals surface area (Å²) in [5, 5.41) is 0. The fourth-order valence-corrected chi connectivity index (χ4v) is 2.93. The van der Waals surface area contributed by atoms with E-state index in [9.17, 15) is 0 Å². The van der Waals surface area contributed by atoms with Crippen molar-refractivity contribution >= 4 is 9.47 Å².